The minimum absolute atomic E-state index is 0. The van der Waals surface area contributed by atoms with Gasteiger partial charge in [0.2, 0.25) is 0 Å². The van der Waals surface area contributed by atoms with Crippen LogP contribution in [0.15, 0.2) is 29.5 Å². The summed E-state index contributed by atoms with van der Waals surface area (Å²) < 4.78 is 1.86. The third-order valence-electron chi connectivity index (χ3n) is 3.96. The van der Waals surface area contributed by atoms with Gasteiger partial charge in [-0.3, -0.25) is 9.67 Å². The molecule has 1 saturated heterocycles. The Hall–Kier alpha value is -1.25. The Balaban J connectivity index is 0.00000288. The number of nitrogens with one attached hydrogen (secondary N) is 2. The molecule has 1 aromatic rings. The van der Waals surface area contributed by atoms with E-state index in [1.165, 1.54) is 18.5 Å². The quantitative estimate of drug-likeness (QED) is 0.232. The number of nitrogens with zero attached hydrogens (tertiary/aromatic N) is 4. The van der Waals surface area contributed by atoms with Crippen LogP contribution in [0.2, 0.25) is 0 Å². The maximum atomic E-state index is 4.66. The second-order valence-electron chi connectivity index (χ2n) is 5.92. The molecule has 2 rings (SSSR count). The molecule has 0 spiro atoms. The number of anilines is 1. The van der Waals surface area contributed by atoms with E-state index in [4.69, 9.17) is 0 Å². The number of rotatable bonds is 6. The number of aliphatic imine (C=N–C) groups is 1. The number of hydrogen-bond donors (Lipinski definition) is 2. The zero-order valence-corrected chi connectivity index (χ0v) is 17.4. The second-order valence-corrected chi connectivity index (χ2v) is 5.92. The molecule has 1 aromatic heterocycles. The number of aromatic nitrogens is 2. The van der Waals surface area contributed by atoms with Crippen LogP contribution in [0.1, 0.15) is 33.1 Å². The van der Waals surface area contributed by atoms with Crippen LogP contribution in [0.5, 0.6) is 0 Å². The first-order chi connectivity index (χ1) is 11.2. The number of hydrogen-bond acceptors (Lipinski definition) is 3. The second kappa shape index (κ2) is 11.3. The number of piperidine rings is 1. The Morgan fingerprint density at radius 2 is 2.33 bits per heavy atom. The van der Waals surface area contributed by atoms with E-state index in [1.54, 1.807) is 0 Å². The third-order valence-corrected chi connectivity index (χ3v) is 3.96. The Labute approximate surface area is 162 Å². The highest BCUT2D eigenvalue weighted by Crippen LogP contribution is 2.18. The molecule has 0 bridgehead atoms. The van der Waals surface area contributed by atoms with E-state index in [1.807, 2.05) is 24.9 Å². The molecule has 136 valence electrons. The van der Waals surface area contributed by atoms with Gasteiger partial charge in [-0.1, -0.05) is 12.2 Å². The topological polar surface area (TPSA) is 57.5 Å². The van der Waals surface area contributed by atoms with Gasteiger partial charge in [0.1, 0.15) is 0 Å². The molecule has 2 heterocycles. The Morgan fingerprint density at radius 1 is 1.50 bits per heavy atom. The van der Waals surface area contributed by atoms with Crippen LogP contribution in [0.3, 0.4) is 0 Å². The molecule has 1 aliphatic heterocycles. The van der Waals surface area contributed by atoms with E-state index in [-0.39, 0.29) is 24.0 Å². The van der Waals surface area contributed by atoms with Crippen molar-refractivity contribution in [3.63, 3.8) is 0 Å². The predicted octanol–water partition coefficient (Wildman–Crippen LogP) is 2.53. The van der Waals surface area contributed by atoms with Crippen molar-refractivity contribution in [3.05, 3.63) is 24.5 Å². The summed E-state index contributed by atoms with van der Waals surface area (Å²) in [6.45, 7) is 7.94. The molecule has 6 nitrogen and oxygen atoms in total. The van der Waals surface area contributed by atoms with Gasteiger partial charge in [-0.25, -0.2) is 0 Å². The van der Waals surface area contributed by atoms with Crippen molar-refractivity contribution in [2.24, 2.45) is 12.0 Å². The first-order valence-electron chi connectivity index (χ1n) is 8.62. The van der Waals surface area contributed by atoms with Crippen LogP contribution in [-0.4, -0.2) is 48.0 Å². The monoisotopic (exact) mass is 446 g/mol. The van der Waals surface area contributed by atoms with Gasteiger partial charge >= 0.3 is 0 Å². The zero-order valence-electron chi connectivity index (χ0n) is 15.0. The summed E-state index contributed by atoms with van der Waals surface area (Å²) >= 11 is 0. The summed E-state index contributed by atoms with van der Waals surface area (Å²) in [7, 11) is 1.96. The first-order valence-corrected chi connectivity index (χ1v) is 8.62. The van der Waals surface area contributed by atoms with Crippen molar-refractivity contribution in [1.29, 1.82) is 0 Å². The van der Waals surface area contributed by atoms with E-state index in [0.29, 0.717) is 6.04 Å². The van der Waals surface area contributed by atoms with E-state index >= 15 is 0 Å². The molecule has 1 aliphatic rings. The van der Waals surface area contributed by atoms with Crippen LogP contribution >= 0.6 is 24.0 Å². The Kier molecular flexibility index (Phi) is 9.82. The fourth-order valence-electron chi connectivity index (χ4n) is 2.83. The molecule has 7 heteroatoms. The van der Waals surface area contributed by atoms with E-state index in [0.717, 1.165) is 38.6 Å². The lowest BCUT2D eigenvalue weighted by atomic mass is 10.1. The Morgan fingerprint density at radius 3 is 3.00 bits per heavy atom. The third kappa shape index (κ3) is 6.70. The minimum Gasteiger partial charge on any atom is -0.367 e. The van der Waals surface area contributed by atoms with Crippen LogP contribution in [0, 0.1) is 0 Å². The number of aryl methyl sites for hydroxylation is 1. The molecule has 0 aromatic carbocycles. The van der Waals surface area contributed by atoms with Crippen molar-refractivity contribution in [2.75, 3.05) is 31.1 Å². The van der Waals surface area contributed by atoms with Gasteiger partial charge in [0, 0.05) is 45.5 Å². The largest absolute Gasteiger partial charge is 0.367 e. The fourth-order valence-corrected chi connectivity index (χ4v) is 2.83. The highest BCUT2D eigenvalue weighted by molar-refractivity contribution is 14.0. The molecular formula is C17H31IN6. The summed E-state index contributed by atoms with van der Waals surface area (Å²) in [6, 6.07) is 0.420. The molecule has 1 unspecified atom stereocenters. The van der Waals surface area contributed by atoms with Gasteiger partial charge in [-0.05, 0) is 33.1 Å². The molecular weight excluding hydrogens is 415 g/mol. The predicted molar refractivity (Wildman–Crippen MR) is 112 cm³/mol. The summed E-state index contributed by atoms with van der Waals surface area (Å²) in [6.07, 6.45) is 11.6. The van der Waals surface area contributed by atoms with Crippen molar-refractivity contribution in [3.8, 4) is 0 Å². The van der Waals surface area contributed by atoms with Gasteiger partial charge in [-0.15, -0.1) is 24.0 Å². The van der Waals surface area contributed by atoms with E-state index in [9.17, 15) is 0 Å². The van der Waals surface area contributed by atoms with Gasteiger partial charge in [0.15, 0.2) is 5.96 Å². The lowest BCUT2D eigenvalue weighted by molar-refractivity contribution is 0.468. The van der Waals surface area contributed by atoms with Gasteiger partial charge in [0.25, 0.3) is 0 Å². The molecule has 0 aliphatic carbocycles. The maximum Gasteiger partial charge on any atom is 0.191 e. The van der Waals surface area contributed by atoms with Crippen LogP contribution in [0.25, 0.3) is 0 Å². The number of halogens is 1. The highest BCUT2D eigenvalue weighted by Gasteiger charge is 2.21. The summed E-state index contributed by atoms with van der Waals surface area (Å²) in [4.78, 5) is 7.06. The molecule has 0 saturated carbocycles. The average molecular weight is 446 g/mol. The number of guanidine groups is 1. The molecule has 2 N–H and O–H groups in total. The minimum atomic E-state index is 0. The van der Waals surface area contributed by atoms with Crippen molar-refractivity contribution >= 4 is 35.6 Å². The summed E-state index contributed by atoms with van der Waals surface area (Å²) in [5.74, 6) is 0.926. The molecule has 1 atom stereocenters. The average Bonchev–Trinajstić information content (AvgIpc) is 2.98. The van der Waals surface area contributed by atoms with Crippen LogP contribution < -0.4 is 15.5 Å². The van der Waals surface area contributed by atoms with Crippen molar-refractivity contribution in [1.82, 2.24) is 20.4 Å². The van der Waals surface area contributed by atoms with Crippen LogP contribution in [-0.2, 0) is 7.05 Å². The normalized spacial score (nSPS) is 18.5. The number of allylic oxidation sites excluding steroid dienone is 1. The van der Waals surface area contributed by atoms with Crippen LogP contribution in [0.4, 0.5) is 5.69 Å². The summed E-state index contributed by atoms with van der Waals surface area (Å²) in [5.41, 5.74) is 1.20. The molecule has 0 amide bonds. The van der Waals surface area contributed by atoms with Crippen molar-refractivity contribution < 1.29 is 0 Å². The van der Waals surface area contributed by atoms with Gasteiger partial charge in [-0.2, -0.15) is 5.10 Å². The smallest absolute Gasteiger partial charge is 0.191 e. The van der Waals surface area contributed by atoms with Gasteiger partial charge in [0.05, 0.1) is 11.9 Å². The Bertz CT molecular complexity index is 525. The molecule has 1 fully saturated rings. The van der Waals surface area contributed by atoms with E-state index in [2.05, 4.69) is 50.9 Å². The maximum absolute atomic E-state index is 4.66. The highest BCUT2D eigenvalue weighted by atomic mass is 127. The zero-order chi connectivity index (χ0) is 16.5. The van der Waals surface area contributed by atoms with E-state index < -0.39 is 0 Å². The first kappa shape index (κ1) is 20.8. The molecule has 0 radical (unpaired) electrons. The summed E-state index contributed by atoms with van der Waals surface area (Å²) in [5, 5.41) is 11.2. The fraction of sp³-hybridized carbons (Fsp3) is 0.647. The molecule has 24 heavy (non-hydrogen) atoms. The SMILES string of the molecule is C/C=C/CCN=C(NCC)NC1CCCN(c2cnn(C)c2)C1.I. The standard InChI is InChI=1S/C17H30N6.HI/c1-4-6-7-10-19-17(18-5-2)21-15-9-8-11-23(13-15)16-12-20-22(3)14-16;/h4,6,12,14-15H,5,7-11,13H2,1-3H3,(H2,18,19,21);1H/b6-4+;. The lowest BCUT2D eigenvalue weighted by Gasteiger charge is -2.34. The van der Waals surface area contributed by atoms with Crippen molar-refractivity contribution in [2.45, 2.75) is 39.2 Å². The van der Waals surface area contributed by atoms with Gasteiger partial charge < -0.3 is 15.5 Å². The lowest BCUT2D eigenvalue weighted by Crippen LogP contribution is -2.51.